The van der Waals surface area contributed by atoms with Gasteiger partial charge in [0, 0.05) is 17.3 Å². The van der Waals surface area contributed by atoms with E-state index in [1.165, 1.54) is 30.3 Å². The molecule has 20 heavy (non-hydrogen) atoms. The molecule has 0 unspecified atom stereocenters. The molecule has 106 valence electrons. The van der Waals surface area contributed by atoms with Crippen molar-refractivity contribution in [2.75, 3.05) is 5.32 Å². The van der Waals surface area contributed by atoms with E-state index in [-0.39, 0.29) is 11.6 Å². The van der Waals surface area contributed by atoms with Crippen molar-refractivity contribution in [1.82, 2.24) is 0 Å². The maximum absolute atomic E-state index is 13.1. The van der Waals surface area contributed by atoms with Crippen molar-refractivity contribution in [2.45, 2.75) is 12.7 Å². The smallest absolute Gasteiger partial charge is 0.381 e. The van der Waals surface area contributed by atoms with Crippen LogP contribution in [0.5, 0.6) is 0 Å². The molecule has 0 fully saturated rings. The van der Waals surface area contributed by atoms with Crippen LogP contribution in [0.2, 0.25) is 5.02 Å². The zero-order valence-corrected chi connectivity index (χ0v) is 10.9. The van der Waals surface area contributed by atoms with E-state index in [4.69, 9.17) is 11.6 Å². The van der Waals surface area contributed by atoms with Crippen molar-refractivity contribution in [3.8, 4) is 0 Å². The third-order valence-electron chi connectivity index (χ3n) is 2.64. The number of hydrogen-bond donors (Lipinski definition) is 1. The molecule has 0 saturated carbocycles. The van der Waals surface area contributed by atoms with E-state index in [9.17, 15) is 17.6 Å². The SMILES string of the molecule is Fc1cc(Cl)cc(NCc2ccc(C(F)(F)F)cc2)c1. The lowest BCUT2D eigenvalue weighted by Crippen LogP contribution is -2.05. The summed E-state index contributed by atoms with van der Waals surface area (Å²) in [4.78, 5) is 0. The molecule has 2 aromatic carbocycles. The van der Waals surface area contributed by atoms with Crippen LogP contribution < -0.4 is 5.32 Å². The minimum Gasteiger partial charge on any atom is -0.381 e. The van der Waals surface area contributed by atoms with Crippen LogP contribution in [0.3, 0.4) is 0 Å². The summed E-state index contributed by atoms with van der Waals surface area (Å²) in [5.41, 5.74) is 0.420. The fourth-order valence-corrected chi connectivity index (χ4v) is 1.89. The Labute approximate surface area is 118 Å². The third kappa shape index (κ3) is 3.87. The van der Waals surface area contributed by atoms with E-state index < -0.39 is 17.6 Å². The third-order valence-corrected chi connectivity index (χ3v) is 2.86. The molecule has 0 spiro atoms. The lowest BCUT2D eigenvalue weighted by atomic mass is 10.1. The molecule has 2 rings (SSSR count). The fourth-order valence-electron chi connectivity index (χ4n) is 1.67. The van der Waals surface area contributed by atoms with Crippen LogP contribution in [0.15, 0.2) is 42.5 Å². The molecule has 0 amide bonds. The van der Waals surface area contributed by atoms with Gasteiger partial charge in [-0.15, -0.1) is 0 Å². The highest BCUT2D eigenvalue weighted by Gasteiger charge is 2.29. The number of halogens is 5. The summed E-state index contributed by atoms with van der Waals surface area (Å²) >= 11 is 5.70. The molecule has 0 atom stereocenters. The fraction of sp³-hybridized carbons (Fsp3) is 0.143. The van der Waals surface area contributed by atoms with E-state index in [0.29, 0.717) is 11.3 Å². The lowest BCUT2D eigenvalue weighted by molar-refractivity contribution is -0.137. The van der Waals surface area contributed by atoms with Crippen molar-refractivity contribution in [1.29, 1.82) is 0 Å². The number of nitrogens with one attached hydrogen (secondary N) is 1. The van der Waals surface area contributed by atoms with Gasteiger partial charge in [-0.3, -0.25) is 0 Å². The molecule has 0 aliphatic rings. The van der Waals surface area contributed by atoms with Gasteiger partial charge in [-0.1, -0.05) is 23.7 Å². The van der Waals surface area contributed by atoms with E-state index in [1.54, 1.807) is 0 Å². The average Bonchev–Trinajstić information content (AvgIpc) is 2.35. The number of hydrogen-bond acceptors (Lipinski definition) is 1. The summed E-state index contributed by atoms with van der Waals surface area (Å²) in [5.74, 6) is -0.479. The Balaban J connectivity index is 2.04. The second-order valence-corrected chi connectivity index (χ2v) is 4.64. The first-order valence-electron chi connectivity index (χ1n) is 5.71. The Morgan fingerprint density at radius 1 is 1.00 bits per heavy atom. The zero-order valence-electron chi connectivity index (χ0n) is 10.1. The van der Waals surface area contributed by atoms with Crippen LogP contribution >= 0.6 is 11.6 Å². The Morgan fingerprint density at radius 3 is 2.20 bits per heavy atom. The van der Waals surface area contributed by atoms with Gasteiger partial charge in [-0.25, -0.2) is 4.39 Å². The van der Waals surface area contributed by atoms with Gasteiger partial charge in [-0.2, -0.15) is 13.2 Å². The lowest BCUT2D eigenvalue weighted by Gasteiger charge is -2.09. The second kappa shape index (κ2) is 5.71. The van der Waals surface area contributed by atoms with Gasteiger partial charge < -0.3 is 5.32 Å². The zero-order chi connectivity index (χ0) is 14.8. The van der Waals surface area contributed by atoms with Gasteiger partial charge in [0.05, 0.1) is 5.56 Å². The molecule has 0 heterocycles. The Hall–Kier alpha value is -1.75. The first-order chi connectivity index (χ1) is 9.34. The normalized spacial score (nSPS) is 11.4. The molecule has 0 saturated heterocycles. The predicted octanol–water partition coefficient (Wildman–Crippen LogP) is 5.11. The molecular formula is C14H10ClF4N. The molecule has 0 bridgehead atoms. The van der Waals surface area contributed by atoms with Gasteiger partial charge in [0.25, 0.3) is 0 Å². The average molecular weight is 304 g/mol. The van der Waals surface area contributed by atoms with Crippen molar-refractivity contribution >= 4 is 17.3 Å². The van der Waals surface area contributed by atoms with Crippen LogP contribution in [0.4, 0.5) is 23.2 Å². The van der Waals surface area contributed by atoms with Crippen molar-refractivity contribution < 1.29 is 17.6 Å². The second-order valence-electron chi connectivity index (χ2n) is 4.21. The summed E-state index contributed by atoms with van der Waals surface area (Å²) in [6.45, 7) is 0.276. The van der Waals surface area contributed by atoms with Crippen LogP contribution in [0.1, 0.15) is 11.1 Å². The van der Waals surface area contributed by atoms with Gasteiger partial charge in [0.15, 0.2) is 0 Å². The maximum atomic E-state index is 13.1. The van der Waals surface area contributed by atoms with E-state index in [1.807, 2.05) is 0 Å². The molecule has 1 N–H and O–H groups in total. The first-order valence-corrected chi connectivity index (χ1v) is 6.08. The highest BCUT2D eigenvalue weighted by Crippen LogP contribution is 2.29. The van der Waals surface area contributed by atoms with E-state index in [2.05, 4.69) is 5.32 Å². The summed E-state index contributed by atoms with van der Waals surface area (Å²) < 4.78 is 50.3. The minimum absolute atomic E-state index is 0.250. The van der Waals surface area contributed by atoms with Gasteiger partial charge >= 0.3 is 6.18 Å². The Bertz CT molecular complexity index is 573. The number of rotatable bonds is 3. The molecule has 0 aliphatic carbocycles. The summed E-state index contributed by atoms with van der Waals surface area (Å²) in [6.07, 6.45) is -4.35. The van der Waals surface area contributed by atoms with Gasteiger partial charge in [0.2, 0.25) is 0 Å². The molecule has 1 nitrogen and oxygen atoms in total. The highest BCUT2D eigenvalue weighted by atomic mass is 35.5. The minimum atomic E-state index is -4.35. The molecule has 0 aromatic heterocycles. The molecule has 0 aliphatic heterocycles. The summed E-state index contributed by atoms with van der Waals surface area (Å²) in [7, 11) is 0. The standard InChI is InChI=1S/C14H10ClF4N/c15-11-5-12(16)7-13(6-11)20-8-9-1-3-10(4-2-9)14(17,18)19/h1-7,20H,8H2. The molecular weight excluding hydrogens is 294 g/mol. The maximum Gasteiger partial charge on any atom is 0.416 e. The summed E-state index contributed by atoms with van der Waals surface area (Å²) in [5, 5.41) is 3.15. The predicted molar refractivity (Wildman–Crippen MR) is 70.2 cm³/mol. The Kier molecular flexibility index (Phi) is 4.18. The van der Waals surface area contributed by atoms with Crippen LogP contribution in [-0.2, 0) is 12.7 Å². The molecule has 2 aromatic rings. The Morgan fingerprint density at radius 2 is 1.65 bits per heavy atom. The molecule has 0 radical (unpaired) electrons. The van der Waals surface area contributed by atoms with Crippen LogP contribution in [0.25, 0.3) is 0 Å². The quantitative estimate of drug-likeness (QED) is 0.777. The number of alkyl halides is 3. The van der Waals surface area contributed by atoms with Crippen molar-refractivity contribution in [2.24, 2.45) is 0 Å². The monoisotopic (exact) mass is 303 g/mol. The largest absolute Gasteiger partial charge is 0.416 e. The van der Waals surface area contributed by atoms with Crippen LogP contribution in [0, 0.1) is 5.82 Å². The number of benzene rings is 2. The highest BCUT2D eigenvalue weighted by molar-refractivity contribution is 6.30. The van der Waals surface area contributed by atoms with Crippen molar-refractivity contribution in [3.05, 3.63) is 64.4 Å². The van der Waals surface area contributed by atoms with Crippen LogP contribution in [-0.4, -0.2) is 0 Å². The number of anilines is 1. The first kappa shape index (κ1) is 14.7. The van der Waals surface area contributed by atoms with Gasteiger partial charge in [-0.05, 0) is 35.9 Å². The van der Waals surface area contributed by atoms with E-state index in [0.717, 1.165) is 12.1 Å². The molecule has 6 heteroatoms. The topological polar surface area (TPSA) is 12.0 Å². The summed E-state index contributed by atoms with van der Waals surface area (Å²) in [6, 6.07) is 8.73. The van der Waals surface area contributed by atoms with E-state index >= 15 is 0 Å². The van der Waals surface area contributed by atoms with Crippen molar-refractivity contribution in [3.63, 3.8) is 0 Å². The van der Waals surface area contributed by atoms with Gasteiger partial charge in [0.1, 0.15) is 5.82 Å².